The molecule has 1 aliphatic rings. The molecule has 4 N–H and O–H groups in total. The summed E-state index contributed by atoms with van der Waals surface area (Å²) in [4.78, 5) is 12.4. The smallest absolute Gasteiger partial charge is 0.228 e. The van der Waals surface area contributed by atoms with Crippen molar-refractivity contribution in [2.45, 2.75) is 44.2 Å². The highest BCUT2D eigenvalue weighted by Gasteiger charge is 2.29. The average molecular weight is 345 g/mol. The number of amides is 1. The van der Waals surface area contributed by atoms with Crippen molar-refractivity contribution in [1.29, 1.82) is 0 Å². The first-order chi connectivity index (χ1) is 12.1. The Bertz CT molecular complexity index is 718. The van der Waals surface area contributed by atoms with Crippen molar-refractivity contribution in [3.05, 3.63) is 41.3 Å². The van der Waals surface area contributed by atoms with Crippen molar-refractivity contribution in [3.63, 3.8) is 0 Å². The normalized spacial score (nSPS) is 16.0. The van der Waals surface area contributed by atoms with Crippen molar-refractivity contribution >= 4 is 11.6 Å². The summed E-state index contributed by atoms with van der Waals surface area (Å²) in [6.45, 7) is 0. The fourth-order valence-electron chi connectivity index (χ4n) is 3.23. The highest BCUT2D eigenvalue weighted by atomic mass is 16.5. The molecule has 0 spiro atoms. The molecule has 1 aromatic carbocycles. The van der Waals surface area contributed by atoms with Gasteiger partial charge in [0.1, 0.15) is 17.1 Å². The SMILES string of the molecule is COc1ccc(CC(=O)Nc2c(C3CCCC3)noc2C(N)O)cc1. The van der Waals surface area contributed by atoms with Crippen LogP contribution in [0.5, 0.6) is 5.75 Å². The average Bonchev–Trinajstić information content (AvgIpc) is 3.24. The van der Waals surface area contributed by atoms with E-state index in [1.54, 1.807) is 19.2 Å². The van der Waals surface area contributed by atoms with Gasteiger partial charge in [-0.1, -0.05) is 30.1 Å². The zero-order valence-corrected chi connectivity index (χ0v) is 14.2. The minimum Gasteiger partial charge on any atom is -0.497 e. The quantitative estimate of drug-likeness (QED) is 0.694. The molecule has 3 rings (SSSR count). The van der Waals surface area contributed by atoms with E-state index in [0.29, 0.717) is 11.4 Å². The van der Waals surface area contributed by atoms with E-state index in [1.807, 2.05) is 12.1 Å². The number of nitrogens with one attached hydrogen (secondary N) is 1. The van der Waals surface area contributed by atoms with Gasteiger partial charge in [-0.15, -0.1) is 0 Å². The minimum absolute atomic E-state index is 0.102. The Labute approximate surface area is 146 Å². The van der Waals surface area contributed by atoms with Gasteiger partial charge in [0.25, 0.3) is 0 Å². The number of aliphatic hydroxyl groups is 1. The molecule has 7 nitrogen and oxygen atoms in total. The first kappa shape index (κ1) is 17.4. The number of nitrogens with two attached hydrogens (primary N) is 1. The van der Waals surface area contributed by atoms with Gasteiger partial charge in [0.05, 0.1) is 13.5 Å². The van der Waals surface area contributed by atoms with Crippen molar-refractivity contribution in [2.75, 3.05) is 12.4 Å². The number of methoxy groups -OCH3 is 1. The molecule has 1 fully saturated rings. The largest absolute Gasteiger partial charge is 0.497 e. The lowest BCUT2D eigenvalue weighted by Crippen LogP contribution is -2.18. The first-order valence-electron chi connectivity index (χ1n) is 8.44. The Morgan fingerprint density at radius 2 is 2.08 bits per heavy atom. The lowest BCUT2D eigenvalue weighted by molar-refractivity contribution is -0.115. The maximum absolute atomic E-state index is 12.4. The van der Waals surface area contributed by atoms with Crippen LogP contribution in [-0.4, -0.2) is 23.3 Å². The zero-order chi connectivity index (χ0) is 17.8. The summed E-state index contributed by atoms with van der Waals surface area (Å²) in [5.74, 6) is 0.854. The standard InChI is InChI=1S/C18H23N3O4/c1-24-13-8-6-11(7-9-13)10-14(22)20-16-15(12-4-2-3-5-12)21-25-17(16)18(19)23/h6-9,12,18,23H,2-5,10,19H2,1H3,(H,20,22). The predicted molar refractivity (Wildman–Crippen MR) is 92.2 cm³/mol. The van der Waals surface area contributed by atoms with Crippen LogP contribution in [0.25, 0.3) is 0 Å². The summed E-state index contributed by atoms with van der Waals surface area (Å²) in [5.41, 5.74) is 7.49. The molecule has 2 aromatic rings. The summed E-state index contributed by atoms with van der Waals surface area (Å²) in [5, 5.41) is 16.6. The number of rotatable bonds is 6. The van der Waals surface area contributed by atoms with E-state index < -0.39 is 6.23 Å². The Morgan fingerprint density at radius 3 is 2.68 bits per heavy atom. The Balaban J connectivity index is 1.75. The van der Waals surface area contributed by atoms with Gasteiger partial charge in [-0.25, -0.2) is 0 Å². The predicted octanol–water partition coefficient (Wildman–Crippen LogP) is 2.47. The van der Waals surface area contributed by atoms with E-state index in [4.69, 9.17) is 15.0 Å². The molecule has 7 heteroatoms. The van der Waals surface area contributed by atoms with Crippen molar-refractivity contribution in [2.24, 2.45) is 5.73 Å². The number of ether oxygens (including phenoxy) is 1. The number of hydrogen-bond acceptors (Lipinski definition) is 6. The summed E-state index contributed by atoms with van der Waals surface area (Å²) in [7, 11) is 1.60. The Hall–Kier alpha value is -2.38. The second kappa shape index (κ2) is 7.67. The van der Waals surface area contributed by atoms with Crippen molar-refractivity contribution in [1.82, 2.24) is 5.16 Å². The molecule has 1 unspecified atom stereocenters. The van der Waals surface area contributed by atoms with E-state index >= 15 is 0 Å². The third kappa shape index (κ3) is 4.00. The second-order valence-electron chi connectivity index (χ2n) is 6.31. The van der Waals surface area contributed by atoms with Crippen LogP contribution in [0.4, 0.5) is 5.69 Å². The van der Waals surface area contributed by atoms with Crippen molar-refractivity contribution in [3.8, 4) is 5.75 Å². The number of aliphatic hydroxyl groups excluding tert-OH is 1. The summed E-state index contributed by atoms with van der Waals surface area (Å²) in [6, 6.07) is 7.29. The number of carbonyl (C=O) groups excluding carboxylic acids is 1. The minimum atomic E-state index is -1.32. The third-order valence-electron chi connectivity index (χ3n) is 4.54. The molecule has 134 valence electrons. The van der Waals surface area contributed by atoms with E-state index in [1.165, 1.54) is 0 Å². The molecule has 0 saturated heterocycles. The molecular formula is C18H23N3O4. The molecule has 0 aliphatic heterocycles. The molecule has 1 amide bonds. The van der Waals surface area contributed by atoms with Gasteiger partial charge in [-0.3, -0.25) is 10.5 Å². The van der Waals surface area contributed by atoms with E-state index in [2.05, 4.69) is 10.5 Å². The monoisotopic (exact) mass is 345 g/mol. The van der Waals surface area contributed by atoms with Gasteiger partial charge in [0, 0.05) is 5.92 Å². The molecular weight excluding hydrogens is 322 g/mol. The van der Waals surface area contributed by atoms with E-state index in [-0.39, 0.29) is 24.0 Å². The Kier molecular flexibility index (Phi) is 5.35. The van der Waals surface area contributed by atoms with Crippen LogP contribution >= 0.6 is 0 Å². The Morgan fingerprint density at radius 1 is 1.40 bits per heavy atom. The van der Waals surface area contributed by atoms with Crippen LogP contribution in [0.1, 0.15) is 54.8 Å². The molecule has 1 aromatic heterocycles. The van der Waals surface area contributed by atoms with Gasteiger partial charge >= 0.3 is 0 Å². The number of aromatic nitrogens is 1. The molecule has 1 saturated carbocycles. The first-order valence-corrected chi connectivity index (χ1v) is 8.44. The van der Waals surface area contributed by atoms with Crippen LogP contribution in [0.15, 0.2) is 28.8 Å². The number of anilines is 1. The van der Waals surface area contributed by atoms with Crippen molar-refractivity contribution < 1.29 is 19.2 Å². The molecule has 1 aliphatic carbocycles. The molecule has 1 atom stereocenters. The lowest BCUT2D eigenvalue weighted by atomic mass is 10.0. The molecule has 0 radical (unpaired) electrons. The van der Waals surface area contributed by atoms with Gasteiger partial charge in [-0.2, -0.15) is 0 Å². The summed E-state index contributed by atoms with van der Waals surface area (Å²) < 4.78 is 10.3. The topological polar surface area (TPSA) is 111 Å². The zero-order valence-electron chi connectivity index (χ0n) is 14.2. The number of hydrogen-bond donors (Lipinski definition) is 3. The van der Waals surface area contributed by atoms with Gasteiger partial charge in [0.2, 0.25) is 11.7 Å². The van der Waals surface area contributed by atoms with Gasteiger partial charge in [0.15, 0.2) is 6.23 Å². The lowest BCUT2D eigenvalue weighted by Gasteiger charge is -2.11. The number of benzene rings is 1. The highest BCUT2D eigenvalue weighted by Crippen LogP contribution is 2.39. The fourth-order valence-corrected chi connectivity index (χ4v) is 3.23. The highest BCUT2D eigenvalue weighted by molar-refractivity contribution is 5.93. The maximum atomic E-state index is 12.4. The van der Waals surface area contributed by atoms with Gasteiger partial charge < -0.3 is 19.7 Å². The second-order valence-corrected chi connectivity index (χ2v) is 6.31. The van der Waals surface area contributed by atoms with Crippen LogP contribution in [-0.2, 0) is 11.2 Å². The fraction of sp³-hybridized carbons (Fsp3) is 0.444. The molecule has 25 heavy (non-hydrogen) atoms. The number of carbonyl (C=O) groups is 1. The van der Waals surface area contributed by atoms with Crippen LogP contribution < -0.4 is 15.8 Å². The maximum Gasteiger partial charge on any atom is 0.228 e. The molecule has 0 bridgehead atoms. The van der Waals surface area contributed by atoms with Crippen LogP contribution in [0.3, 0.4) is 0 Å². The van der Waals surface area contributed by atoms with Crippen LogP contribution in [0, 0.1) is 0 Å². The van der Waals surface area contributed by atoms with Crippen LogP contribution in [0.2, 0.25) is 0 Å². The van der Waals surface area contributed by atoms with Gasteiger partial charge in [-0.05, 0) is 30.5 Å². The summed E-state index contributed by atoms with van der Waals surface area (Å²) in [6.07, 6.45) is 3.11. The number of nitrogens with zero attached hydrogens (tertiary/aromatic N) is 1. The van der Waals surface area contributed by atoms with E-state index in [0.717, 1.165) is 37.0 Å². The third-order valence-corrected chi connectivity index (χ3v) is 4.54. The molecule has 1 heterocycles. The summed E-state index contributed by atoms with van der Waals surface area (Å²) >= 11 is 0. The van der Waals surface area contributed by atoms with E-state index in [9.17, 15) is 9.90 Å².